The number of nitrogens with zero attached hydrogens (tertiary/aromatic N) is 2. The Labute approximate surface area is 191 Å². The molecule has 0 saturated heterocycles. The van der Waals surface area contributed by atoms with Crippen LogP contribution in [0, 0.1) is 21.4 Å². The highest BCUT2D eigenvalue weighted by atomic mass is 35.5. The predicted octanol–water partition coefficient (Wildman–Crippen LogP) is 4.17. The lowest BCUT2D eigenvalue weighted by Gasteiger charge is -2.06. The summed E-state index contributed by atoms with van der Waals surface area (Å²) < 4.78 is 15.4. The second-order valence-electron chi connectivity index (χ2n) is 6.59. The molecule has 0 amide bonds. The Morgan fingerprint density at radius 2 is 2.06 bits per heavy atom. The van der Waals surface area contributed by atoms with Gasteiger partial charge in [0.25, 0.3) is 11.2 Å². The van der Waals surface area contributed by atoms with Crippen LogP contribution in [0.1, 0.15) is 32.9 Å². The third kappa shape index (κ3) is 4.85. The maximum atomic E-state index is 12.2. The third-order valence-electron chi connectivity index (χ3n) is 4.60. The van der Waals surface area contributed by atoms with Crippen molar-refractivity contribution in [2.45, 2.75) is 6.61 Å². The van der Waals surface area contributed by atoms with Crippen LogP contribution in [-0.2, 0) is 16.1 Å². The number of nitrogens with one attached hydrogen (secondary N) is 1. The number of halogens is 1. The fourth-order valence-corrected chi connectivity index (χ4v) is 3.30. The number of pyridine rings is 1. The first-order valence-electron chi connectivity index (χ1n) is 9.29. The maximum absolute atomic E-state index is 12.2. The van der Waals surface area contributed by atoms with Crippen LogP contribution in [-0.4, -0.2) is 30.1 Å². The molecule has 11 heteroatoms. The van der Waals surface area contributed by atoms with Crippen LogP contribution >= 0.6 is 11.6 Å². The van der Waals surface area contributed by atoms with Crippen molar-refractivity contribution in [1.29, 1.82) is 5.26 Å². The topological polar surface area (TPSA) is 148 Å². The first kappa shape index (κ1) is 23.5. The maximum Gasteiger partial charge on any atom is 0.339 e. The van der Waals surface area contributed by atoms with Gasteiger partial charge in [0.05, 0.1) is 34.8 Å². The summed E-state index contributed by atoms with van der Waals surface area (Å²) in [6.45, 7) is -0.284. The molecule has 0 bridgehead atoms. The van der Waals surface area contributed by atoms with E-state index in [0.717, 1.165) is 0 Å². The van der Waals surface area contributed by atoms with E-state index in [1.807, 2.05) is 0 Å². The Balaban J connectivity index is 2.00. The van der Waals surface area contributed by atoms with E-state index in [4.69, 9.17) is 25.5 Å². The summed E-state index contributed by atoms with van der Waals surface area (Å²) in [5.41, 5.74) is -1.12. The number of carbonyl (C=O) groups is 1. The van der Waals surface area contributed by atoms with E-state index < -0.39 is 22.1 Å². The zero-order valence-electron chi connectivity index (χ0n) is 17.4. The summed E-state index contributed by atoms with van der Waals surface area (Å²) in [6.07, 6.45) is 2.71. The van der Waals surface area contributed by atoms with Crippen molar-refractivity contribution in [1.82, 2.24) is 4.98 Å². The predicted molar refractivity (Wildman–Crippen MR) is 119 cm³/mol. The minimum atomic E-state index is -0.772. The average molecular weight is 470 g/mol. The zero-order valence-corrected chi connectivity index (χ0v) is 18.1. The molecule has 33 heavy (non-hydrogen) atoms. The number of aromatic amines is 1. The number of hydrogen-bond acceptors (Lipinski definition) is 8. The van der Waals surface area contributed by atoms with Crippen LogP contribution in [0.25, 0.3) is 23.5 Å². The summed E-state index contributed by atoms with van der Waals surface area (Å²) in [5, 5.41) is 21.1. The SMILES string of the molecule is COCc1c([N+](=O)[O-])c(C=Cc2ccc(-c3ccc(Cl)c(C(=O)OC)c3)o2)[nH]c(=O)c1C#N. The van der Waals surface area contributed by atoms with E-state index in [2.05, 4.69) is 4.98 Å². The van der Waals surface area contributed by atoms with Crippen LogP contribution in [0.3, 0.4) is 0 Å². The molecular formula is C22H16ClN3O7. The summed E-state index contributed by atoms with van der Waals surface area (Å²) in [4.78, 5) is 37.4. The first-order chi connectivity index (χ1) is 15.8. The van der Waals surface area contributed by atoms with Crippen molar-refractivity contribution in [3.63, 3.8) is 0 Å². The Bertz CT molecular complexity index is 1370. The Kier molecular flexibility index (Phi) is 7.07. The van der Waals surface area contributed by atoms with Gasteiger partial charge in [-0.1, -0.05) is 11.6 Å². The Morgan fingerprint density at radius 3 is 2.70 bits per heavy atom. The number of H-pyrrole nitrogens is 1. The molecular weight excluding hydrogens is 454 g/mol. The number of nitro groups is 1. The fraction of sp³-hybridized carbons (Fsp3) is 0.136. The highest BCUT2D eigenvalue weighted by Crippen LogP contribution is 2.29. The highest BCUT2D eigenvalue weighted by molar-refractivity contribution is 6.33. The van der Waals surface area contributed by atoms with Crippen LogP contribution < -0.4 is 5.56 Å². The van der Waals surface area contributed by atoms with E-state index in [9.17, 15) is 25.0 Å². The standard InChI is InChI=1S/C22H16ClN3O7/c1-31-11-16-15(10-24)21(27)25-18(20(16)26(29)30)7-4-13-5-8-19(33-13)12-3-6-17(23)14(9-12)22(28)32-2/h3-9H,11H2,1-2H3,(H,25,27). The molecule has 0 aliphatic rings. The Morgan fingerprint density at radius 1 is 1.30 bits per heavy atom. The van der Waals surface area contributed by atoms with E-state index in [1.54, 1.807) is 24.3 Å². The largest absolute Gasteiger partial charge is 0.465 e. The van der Waals surface area contributed by atoms with Gasteiger partial charge in [-0.3, -0.25) is 14.9 Å². The minimum Gasteiger partial charge on any atom is -0.465 e. The third-order valence-corrected chi connectivity index (χ3v) is 4.93. The number of ether oxygens (including phenoxy) is 2. The highest BCUT2D eigenvalue weighted by Gasteiger charge is 2.25. The molecule has 0 atom stereocenters. The van der Waals surface area contributed by atoms with Gasteiger partial charge < -0.3 is 18.9 Å². The lowest BCUT2D eigenvalue weighted by atomic mass is 10.1. The fourth-order valence-electron chi connectivity index (χ4n) is 3.10. The second kappa shape index (κ2) is 9.95. The number of hydrogen-bond donors (Lipinski definition) is 1. The van der Waals surface area contributed by atoms with Gasteiger partial charge in [-0.05, 0) is 42.5 Å². The molecule has 3 aromatic rings. The van der Waals surface area contributed by atoms with Crippen molar-refractivity contribution < 1.29 is 23.6 Å². The van der Waals surface area contributed by atoms with Gasteiger partial charge in [-0.2, -0.15) is 5.26 Å². The minimum absolute atomic E-state index is 0.117. The van der Waals surface area contributed by atoms with E-state index in [0.29, 0.717) is 17.1 Å². The van der Waals surface area contributed by atoms with Crippen LogP contribution in [0.2, 0.25) is 5.02 Å². The van der Waals surface area contributed by atoms with Gasteiger partial charge >= 0.3 is 5.97 Å². The molecule has 1 N–H and O–H groups in total. The lowest BCUT2D eigenvalue weighted by molar-refractivity contribution is -0.386. The first-order valence-corrected chi connectivity index (χ1v) is 9.67. The molecule has 0 spiro atoms. The number of furan rings is 1. The molecule has 0 fully saturated rings. The van der Waals surface area contributed by atoms with Gasteiger partial charge in [0.2, 0.25) is 0 Å². The van der Waals surface area contributed by atoms with E-state index in [1.165, 1.54) is 38.5 Å². The van der Waals surface area contributed by atoms with Crippen LogP contribution in [0.4, 0.5) is 5.69 Å². The van der Waals surface area contributed by atoms with Gasteiger partial charge in [0.15, 0.2) is 0 Å². The molecule has 168 valence electrons. The normalized spacial score (nSPS) is 10.8. The molecule has 0 radical (unpaired) electrons. The van der Waals surface area contributed by atoms with Crippen molar-refractivity contribution in [3.8, 4) is 17.4 Å². The van der Waals surface area contributed by atoms with Gasteiger partial charge in [0.1, 0.15) is 28.8 Å². The summed E-state index contributed by atoms with van der Waals surface area (Å²) in [6, 6.07) is 9.61. The number of methoxy groups -OCH3 is 2. The summed E-state index contributed by atoms with van der Waals surface area (Å²) in [7, 11) is 2.54. The molecule has 3 rings (SSSR count). The lowest BCUT2D eigenvalue weighted by Crippen LogP contribution is -2.18. The summed E-state index contributed by atoms with van der Waals surface area (Å²) in [5.74, 6) is 0.115. The molecule has 0 aliphatic heterocycles. The quantitative estimate of drug-likeness (QED) is 0.308. The number of benzene rings is 1. The Hall–Kier alpha value is -4.20. The number of aromatic nitrogens is 1. The van der Waals surface area contributed by atoms with Gasteiger partial charge in [-0.15, -0.1) is 0 Å². The molecule has 2 heterocycles. The van der Waals surface area contributed by atoms with Crippen molar-refractivity contribution in [2.24, 2.45) is 0 Å². The molecule has 10 nitrogen and oxygen atoms in total. The summed E-state index contributed by atoms with van der Waals surface area (Å²) >= 11 is 6.03. The second-order valence-corrected chi connectivity index (χ2v) is 7.00. The molecule has 1 aromatic carbocycles. The van der Waals surface area contributed by atoms with Gasteiger partial charge in [0, 0.05) is 12.7 Å². The van der Waals surface area contributed by atoms with Crippen molar-refractivity contribution in [2.75, 3.05) is 14.2 Å². The zero-order chi connectivity index (χ0) is 24.1. The monoisotopic (exact) mass is 469 g/mol. The molecule has 2 aromatic heterocycles. The van der Waals surface area contributed by atoms with Crippen molar-refractivity contribution >= 4 is 35.4 Å². The smallest absolute Gasteiger partial charge is 0.339 e. The van der Waals surface area contributed by atoms with Crippen LogP contribution in [0.15, 0.2) is 39.5 Å². The number of nitriles is 1. The molecule has 0 unspecified atom stereocenters. The van der Waals surface area contributed by atoms with Crippen LogP contribution in [0.5, 0.6) is 0 Å². The van der Waals surface area contributed by atoms with E-state index in [-0.39, 0.29) is 34.0 Å². The number of rotatable bonds is 7. The van der Waals surface area contributed by atoms with Crippen molar-refractivity contribution in [3.05, 3.63) is 84.0 Å². The average Bonchev–Trinajstić information content (AvgIpc) is 3.26. The molecule has 0 aliphatic carbocycles. The van der Waals surface area contributed by atoms with E-state index >= 15 is 0 Å². The van der Waals surface area contributed by atoms with Gasteiger partial charge in [-0.25, -0.2) is 4.79 Å². The number of esters is 1. The molecule has 0 saturated carbocycles. The number of carbonyl (C=O) groups excluding carboxylic acids is 1.